The molecule has 2 aromatic rings. The minimum atomic E-state index is -0.271. The van der Waals surface area contributed by atoms with Gasteiger partial charge in [0.05, 0.1) is 5.69 Å². The van der Waals surface area contributed by atoms with Gasteiger partial charge in [0.1, 0.15) is 11.5 Å². The van der Waals surface area contributed by atoms with Crippen molar-refractivity contribution >= 4 is 28.6 Å². The Bertz CT molecular complexity index is 968. The number of carbonyl (C=O) groups excluding carboxylic acids is 1. The number of nitrogen functional groups attached to an aromatic ring is 2. The summed E-state index contributed by atoms with van der Waals surface area (Å²) in [6.07, 6.45) is 5.52. The van der Waals surface area contributed by atoms with Crippen molar-refractivity contribution in [2.24, 2.45) is 4.99 Å². The van der Waals surface area contributed by atoms with Crippen LogP contribution in [0.4, 0.5) is 17.1 Å². The fourth-order valence-electron chi connectivity index (χ4n) is 3.38. The Morgan fingerprint density at radius 1 is 0.897 bits per heavy atom. The zero-order chi connectivity index (χ0) is 20.8. The van der Waals surface area contributed by atoms with Gasteiger partial charge in [-0.25, -0.2) is 4.99 Å². The number of nitrogens with two attached hydrogens (primary N) is 2. The van der Waals surface area contributed by atoms with Crippen LogP contribution in [0.1, 0.15) is 38.2 Å². The number of anilines is 2. The van der Waals surface area contributed by atoms with Gasteiger partial charge in [-0.2, -0.15) is 0 Å². The molecule has 0 radical (unpaired) electrons. The van der Waals surface area contributed by atoms with E-state index in [1.54, 1.807) is 24.3 Å². The number of rotatable bonds is 7. The molecule has 0 fully saturated rings. The van der Waals surface area contributed by atoms with Crippen LogP contribution in [0.3, 0.4) is 0 Å². The Labute approximate surface area is 171 Å². The van der Waals surface area contributed by atoms with Crippen LogP contribution in [0.2, 0.25) is 0 Å². The molecule has 0 saturated carbocycles. The minimum absolute atomic E-state index is 0.0228. The van der Waals surface area contributed by atoms with Gasteiger partial charge in [0.25, 0.3) is 0 Å². The maximum Gasteiger partial charge on any atom is 0.208 e. The maximum absolute atomic E-state index is 12.7. The van der Waals surface area contributed by atoms with Crippen molar-refractivity contribution in [2.75, 3.05) is 11.5 Å². The third-order valence-corrected chi connectivity index (χ3v) is 4.99. The second-order valence-corrected chi connectivity index (χ2v) is 7.28. The van der Waals surface area contributed by atoms with E-state index in [9.17, 15) is 9.90 Å². The van der Waals surface area contributed by atoms with Gasteiger partial charge in [-0.05, 0) is 60.4 Å². The smallest absolute Gasteiger partial charge is 0.208 e. The fourth-order valence-corrected chi connectivity index (χ4v) is 3.38. The third kappa shape index (κ3) is 5.13. The summed E-state index contributed by atoms with van der Waals surface area (Å²) in [5.41, 5.74) is 16.5. The van der Waals surface area contributed by atoms with Crippen LogP contribution in [-0.4, -0.2) is 16.6 Å². The molecule has 0 unspecified atom stereocenters. The Kier molecular flexibility index (Phi) is 6.50. The van der Waals surface area contributed by atoms with Gasteiger partial charge in [-0.1, -0.05) is 31.9 Å². The number of ketones is 1. The van der Waals surface area contributed by atoms with Gasteiger partial charge in [0.2, 0.25) is 5.78 Å². The van der Waals surface area contributed by atoms with Gasteiger partial charge in [0, 0.05) is 29.4 Å². The zero-order valence-electron chi connectivity index (χ0n) is 16.7. The predicted octanol–water partition coefficient (Wildman–Crippen LogP) is 5.07. The van der Waals surface area contributed by atoms with Gasteiger partial charge >= 0.3 is 0 Å². The molecule has 0 atom stereocenters. The van der Waals surface area contributed by atoms with Crippen molar-refractivity contribution in [1.82, 2.24) is 0 Å². The summed E-state index contributed by atoms with van der Waals surface area (Å²) in [5, 5.41) is 10.6. The number of aliphatic hydroxyl groups is 1. The molecule has 3 rings (SSSR count). The van der Waals surface area contributed by atoms with E-state index in [0.29, 0.717) is 35.6 Å². The van der Waals surface area contributed by atoms with E-state index in [4.69, 9.17) is 11.5 Å². The first-order valence-corrected chi connectivity index (χ1v) is 9.94. The number of hydrogen-bond donors (Lipinski definition) is 3. The van der Waals surface area contributed by atoms with E-state index < -0.39 is 0 Å². The van der Waals surface area contributed by atoms with E-state index in [2.05, 4.69) is 11.9 Å². The van der Waals surface area contributed by atoms with Crippen LogP contribution in [0.5, 0.6) is 0 Å². The molecule has 1 aliphatic rings. The molecular formula is C24H27N3O2. The number of benzene rings is 2. The topological polar surface area (TPSA) is 102 Å². The average molecular weight is 389 g/mol. The van der Waals surface area contributed by atoms with Crippen molar-refractivity contribution in [3.8, 4) is 0 Å². The first kappa shape index (κ1) is 20.4. The molecule has 2 aromatic carbocycles. The second-order valence-electron chi connectivity index (χ2n) is 7.28. The number of unbranched alkanes of at least 4 members (excludes halogenated alkanes) is 2. The third-order valence-electron chi connectivity index (χ3n) is 4.99. The summed E-state index contributed by atoms with van der Waals surface area (Å²) in [6.45, 7) is 2.14. The minimum Gasteiger partial charge on any atom is -0.508 e. The quantitative estimate of drug-likeness (QED) is 0.349. The predicted molar refractivity (Wildman–Crippen MR) is 119 cm³/mol. The van der Waals surface area contributed by atoms with Gasteiger partial charge in [-0.3, -0.25) is 4.79 Å². The molecule has 0 aliphatic heterocycles. The van der Waals surface area contributed by atoms with Crippen LogP contribution in [0.15, 0.2) is 76.5 Å². The molecule has 5 heteroatoms. The van der Waals surface area contributed by atoms with Crippen LogP contribution in [0, 0.1) is 0 Å². The first-order valence-electron chi connectivity index (χ1n) is 9.94. The van der Waals surface area contributed by atoms with Crippen LogP contribution >= 0.6 is 0 Å². The van der Waals surface area contributed by atoms with E-state index in [-0.39, 0.29) is 11.5 Å². The maximum atomic E-state index is 12.7. The van der Waals surface area contributed by atoms with Crippen molar-refractivity contribution < 1.29 is 9.90 Å². The number of carbonyl (C=O) groups is 1. The second kappa shape index (κ2) is 9.24. The number of aliphatic imine (C=N–C) groups is 1. The lowest BCUT2D eigenvalue weighted by Gasteiger charge is -2.20. The molecule has 150 valence electrons. The summed E-state index contributed by atoms with van der Waals surface area (Å²) in [6, 6.07) is 14.6. The summed E-state index contributed by atoms with van der Waals surface area (Å²) in [4.78, 5) is 17.3. The highest BCUT2D eigenvalue weighted by atomic mass is 16.3. The van der Waals surface area contributed by atoms with E-state index >= 15 is 0 Å². The molecular weight excluding hydrogens is 362 g/mol. The highest BCUT2D eigenvalue weighted by molar-refractivity contribution is 6.51. The molecule has 5 N–H and O–H groups in total. The normalized spacial score (nSPS) is 15.7. The number of aliphatic hydroxyl groups excluding tert-OH is 1. The first-order chi connectivity index (χ1) is 14.0. The summed E-state index contributed by atoms with van der Waals surface area (Å²) >= 11 is 0. The van der Waals surface area contributed by atoms with Crippen LogP contribution < -0.4 is 11.5 Å². The molecule has 0 bridgehead atoms. The monoisotopic (exact) mass is 389 g/mol. The van der Waals surface area contributed by atoms with Crippen molar-refractivity contribution in [3.63, 3.8) is 0 Å². The zero-order valence-corrected chi connectivity index (χ0v) is 16.7. The standard InChI is InChI=1S/C24H27N3O2/c1-2-3-4-5-20-21(14-16-6-8-17(25)9-7-16)22(28)15-23(29)24(20)27-19-12-10-18(26)11-13-19/h6-13,15,28H,2-5,14,25-26H2,1H3. The highest BCUT2D eigenvalue weighted by Crippen LogP contribution is 2.30. The number of hydrogen-bond acceptors (Lipinski definition) is 5. The van der Waals surface area contributed by atoms with Crippen molar-refractivity contribution in [3.05, 3.63) is 77.1 Å². The van der Waals surface area contributed by atoms with Crippen molar-refractivity contribution in [2.45, 2.75) is 39.0 Å². The molecule has 1 aliphatic carbocycles. The molecule has 29 heavy (non-hydrogen) atoms. The SMILES string of the molecule is CCCCCC1=C(Cc2ccc(N)cc2)C(O)=CC(=O)C1=Nc1ccc(N)cc1. The molecule has 0 heterocycles. The molecule has 0 aromatic heterocycles. The van der Waals surface area contributed by atoms with Crippen LogP contribution in [0.25, 0.3) is 0 Å². The van der Waals surface area contributed by atoms with Gasteiger partial charge < -0.3 is 16.6 Å². The lowest BCUT2D eigenvalue weighted by molar-refractivity contribution is -0.109. The van der Waals surface area contributed by atoms with E-state index in [1.807, 2.05) is 24.3 Å². The Balaban J connectivity index is 2.04. The summed E-state index contributed by atoms with van der Waals surface area (Å²) in [5.74, 6) is -0.249. The van der Waals surface area contributed by atoms with Gasteiger partial charge in [0.15, 0.2) is 0 Å². The molecule has 5 nitrogen and oxygen atoms in total. The fraction of sp³-hybridized carbons (Fsp3) is 0.250. The highest BCUT2D eigenvalue weighted by Gasteiger charge is 2.26. The Morgan fingerprint density at radius 2 is 1.52 bits per heavy atom. The lowest BCUT2D eigenvalue weighted by Crippen LogP contribution is -2.23. The largest absolute Gasteiger partial charge is 0.508 e. The van der Waals surface area contributed by atoms with Crippen molar-refractivity contribution in [1.29, 1.82) is 0 Å². The Morgan fingerprint density at radius 3 is 2.14 bits per heavy atom. The summed E-state index contributed by atoms with van der Waals surface area (Å²) < 4.78 is 0. The van der Waals surface area contributed by atoms with Crippen LogP contribution in [-0.2, 0) is 11.2 Å². The number of allylic oxidation sites excluding steroid dienone is 3. The molecule has 0 spiro atoms. The van der Waals surface area contributed by atoms with E-state index in [1.165, 1.54) is 6.08 Å². The summed E-state index contributed by atoms with van der Waals surface area (Å²) in [7, 11) is 0. The molecule has 0 amide bonds. The van der Waals surface area contributed by atoms with E-state index in [0.717, 1.165) is 36.0 Å². The average Bonchev–Trinajstić information content (AvgIpc) is 2.70. The van der Waals surface area contributed by atoms with Gasteiger partial charge in [-0.15, -0.1) is 0 Å². The Hall–Kier alpha value is -3.34. The molecule has 0 saturated heterocycles. The number of nitrogens with zero attached hydrogens (tertiary/aromatic N) is 1. The lowest BCUT2D eigenvalue weighted by atomic mass is 9.86.